The van der Waals surface area contributed by atoms with E-state index in [1.54, 1.807) is 6.07 Å². The first-order valence-electron chi connectivity index (χ1n) is 8.50. The van der Waals surface area contributed by atoms with Crippen LogP contribution in [0.5, 0.6) is 11.5 Å². The van der Waals surface area contributed by atoms with E-state index in [0.717, 1.165) is 47.9 Å². The van der Waals surface area contributed by atoms with Gasteiger partial charge in [-0.25, -0.2) is 0 Å². The first-order chi connectivity index (χ1) is 12.2. The number of hydrogen-bond donors (Lipinski definition) is 2. The SMILES string of the molecule is CCCCOc1cccc(-c2cc(COc3cccc(N)c3)[nH]n2)c1. The molecule has 5 nitrogen and oxygen atoms in total. The van der Waals surface area contributed by atoms with E-state index in [-0.39, 0.29) is 0 Å². The monoisotopic (exact) mass is 337 g/mol. The fourth-order valence-electron chi connectivity index (χ4n) is 2.43. The van der Waals surface area contributed by atoms with E-state index in [2.05, 4.69) is 17.1 Å². The zero-order chi connectivity index (χ0) is 17.5. The summed E-state index contributed by atoms with van der Waals surface area (Å²) in [4.78, 5) is 0. The Morgan fingerprint density at radius 2 is 1.80 bits per heavy atom. The number of nitrogens with two attached hydrogens (primary N) is 1. The van der Waals surface area contributed by atoms with Crippen molar-refractivity contribution in [3.05, 3.63) is 60.3 Å². The topological polar surface area (TPSA) is 73.2 Å². The molecule has 0 fully saturated rings. The molecule has 1 aromatic heterocycles. The van der Waals surface area contributed by atoms with Crippen LogP contribution in [0.15, 0.2) is 54.6 Å². The predicted molar refractivity (Wildman–Crippen MR) is 99.6 cm³/mol. The molecule has 0 aliphatic rings. The molecule has 0 radical (unpaired) electrons. The smallest absolute Gasteiger partial charge is 0.130 e. The second kappa shape index (κ2) is 8.24. The number of unbranched alkanes of at least 4 members (excludes halogenated alkanes) is 1. The van der Waals surface area contributed by atoms with E-state index in [0.29, 0.717) is 12.3 Å². The van der Waals surface area contributed by atoms with Gasteiger partial charge >= 0.3 is 0 Å². The number of aromatic amines is 1. The Labute approximate surface area is 147 Å². The lowest BCUT2D eigenvalue weighted by Crippen LogP contribution is -1.96. The summed E-state index contributed by atoms with van der Waals surface area (Å²) in [6.07, 6.45) is 2.17. The van der Waals surface area contributed by atoms with Gasteiger partial charge in [0.15, 0.2) is 0 Å². The van der Waals surface area contributed by atoms with Crippen molar-refractivity contribution in [2.24, 2.45) is 0 Å². The van der Waals surface area contributed by atoms with Crippen molar-refractivity contribution in [2.45, 2.75) is 26.4 Å². The van der Waals surface area contributed by atoms with Gasteiger partial charge in [-0.1, -0.05) is 31.5 Å². The zero-order valence-corrected chi connectivity index (χ0v) is 14.4. The number of rotatable bonds is 8. The molecule has 0 amide bonds. The van der Waals surface area contributed by atoms with Crippen molar-refractivity contribution in [3.8, 4) is 22.8 Å². The second-order valence-electron chi connectivity index (χ2n) is 5.87. The molecule has 0 bridgehead atoms. The number of nitrogen functional groups attached to an aromatic ring is 1. The van der Waals surface area contributed by atoms with Gasteiger partial charge in [-0.15, -0.1) is 0 Å². The Morgan fingerprint density at radius 3 is 2.60 bits per heavy atom. The third-order valence-electron chi connectivity index (χ3n) is 3.78. The van der Waals surface area contributed by atoms with E-state index in [1.165, 1.54) is 0 Å². The van der Waals surface area contributed by atoms with Crippen LogP contribution in [-0.2, 0) is 6.61 Å². The van der Waals surface area contributed by atoms with Gasteiger partial charge in [0.2, 0.25) is 0 Å². The number of ether oxygens (including phenoxy) is 2. The standard InChI is InChI=1S/C20H23N3O2/c1-2-3-10-24-18-8-4-6-15(11-18)20-13-17(22-23-20)14-25-19-9-5-7-16(21)12-19/h4-9,11-13H,2-3,10,14,21H2,1H3,(H,22,23). The number of anilines is 1. The molecule has 3 rings (SSSR count). The van der Waals surface area contributed by atoms with E-state index < -0.39 is 0 Å². The Bertz CT molecular complexity index is 814. The lowest BCUT2D eigenvalue weighted by molar-refractivity contribution is 0.301. The quantitative estimate of drug-likeness (QED) is 0.471. The molecule has 130 valence electrons. The summed E-state index contributed by atoms with van der Waals surface area (Å²) in [6, 6.07) is 17.3. The zero-order valence-electron chi connectivity index (χ0n) is 14.4. The summed E-state index contributed by atoms with van der Waals surface area (Å²) in [5.41, 5.74) is 9.22. The molecule has 0 spiro atoms. The summed E-state index contributed by atoms with van der Waals surface area (Å²) in [5.74, 6) is 1.61. The fraction of sp³-hybridized carbons (Fsp3) is 0.250. The number of nitrogens with zero attached hydrogens (tertiary/aromatic N) is 1. The minimum atomic E-state index is 0.406. The van der Waals surface area contributed by atoms with Crippen molar-refractivity contribution in [3.63, 3.8) is 0 Å². The number of aromatic nitrogens is 2. The predicted octanol–water partition coefficient (Wildman–Crippen LogP) is 4.42. The molecule has 5 heteroatoms. The number of nitrogens with one attached hydrogen (secondary N) is 1. The van der Waals surface area contributed by atoms with Crippen LogP contribution in [-0.4, -0.2) is 16.8 Å². The van der Waals surface area contributed by atoms with Gasteiger partial charge in [-0.3, -0.25) is 5.10 Å². The van der Waals surface area contributed by atoms with Crippen LogP contribution in [0.3, 0.4) is 0 Å². The lowest BCUT2D eigenvalue weighted by Gasteiger charge is -2.06. The first-order valence-corrected chi connectivity index (χ1v) is 8.50. The van der Waals surface area contributed by atoms with Gasteiger partial charge in [0.25, 0.3) is 0 Å². The van der Waals surface area contributed by atoms with Crippen molar-refractivity contribution in [1.29, 1.82) is 0 Å². The second-order valence-corrected chi connectivity index (χ2v) is 5.87. The molecular weight excluding hydrogens is 314 g/mol. The van der Waals surface area contributed by atoms with E-state index in [4.69, 9.17) is 15.2 Å². The summed E-state index contributed by atoms with van der Waals surface area (Å²) < 4.78 is 11.5. The Morgan fingerprint density at radius 1 is 1.00 bits per heavy atom. The van der Waals surface area contributed by atoms with Crippen molar-refractivity contribution >= 4 is 5.69 Å². The molecule has 1 heterocycles. The molecule has 0 aliphatic heterocycles. The van der Waals surface area contributed by atoms with Gasteiger partial charge in [-0.2, -0.15) is 5.10 Å². The van der Waals surface area contributed by atoms with Crippen LogP contribution in [0, 0.1) is 0 Å². The van der Waals surface area contributed by atoms with Gasteiger partial charge in [-0.05, 0) is 36.8 Å². The van der Waals surface area contributed by atoms with Crippen LogP contribution in [0.2, 0.25) is 0 Å². The molecule has 0 saturated carbocycles. The first kappa shape index (κ1) is 16.9. The third kappa shape index (κ3) is 4.76. The Balaban J connectivity index is 1.63. The lowest BCUT2D eigenvalue weighted by atomic mass is 10.1. The van der Waals surface area contributed by atoms with E-state index >= 15 is 0 Å². The molecular formula is C20H23N3O2. The average Bonchev–Trinajstić information content (AvgIpc) is 3.10. The molecule has 0 unspecified atom stereocenters. The summed E-state index contributed by atoms with van der Waals surface area (Å²) in [6.45, 7) is 3.29. The molecule has 3 aromatic rings. The maximum Gasteiger partial charge on any atom is 0.130 e. The number of H-pyrrole nitrogens is 1. The summed E-state index contributed by atoms with van der Waals surface area (Å²) in [5, 5.41) is 7.38. The average molecular weight is 337 g/mol. The third-order valence-corrected chi connectivity index (χ3v) is 3.78. The van der Waals surface area contributed by atoms with Gasteiger partial charge in [0, 0.05) is 17.3 Å². The minimum absolute atomic E-state index is 0.406. The van der Waals surface area contributed by atoms with Crippen LogP contribution >= 0.6 is 0 Å². The van der Waals surface area contributed by atoms with Crippen LogP contribution in [0.4, 0.5) is 5.69 Å². The number of benzene rings is 2. The highest BCUT2D eigenvalue weighted by atomic mass is 16.5. The summed E-state index contributed by atoms with van der Waals surface area (Å²) in [7, 11) is 0. The Hall–Kier alpha value is -2.95. The molecule has 25 heavy (non-hydrogen) atoms. The molecule has 0 atom stereocenters. The van der Waals surface area contributed by atoms with E-state index in [1.807, 2.05) is 48.5 Å². The molecule has 2 aromatic carbocycles. The van der Waals surface area contributed by atoms with Crippen molar-refractivity contribution < 1.29 is 9.47 Å². The molecule has 0 saturated heterocycles. The van der Waals surface area contributed by atoms with Crippen molar-refractivity contribution in [1.82, 2.24) is 10.2 Å². The summed E-state index contributed by atoms with van der Waals surface area (Å²) >= 11 is 0. The Kier molecular flexibility index (Phi) is 5.57. The highest BCUT2D eigenvalue weighted by Crippen LogP contribution is 2.23. The van der Waals surface area contributed by atoms with Gasteiger partial charge in [0.05, 0.1) is 18.0 Å². The van der Waals surface area contributed by atoms with Crippen LogP contribution < -0.4 is 15.2 Å². The minimum Gasteiger partial charge on any atom is -0.494 e. The molecule has 3 N–H and O–H groups in total. The maximum atomic E-state index is 5.76. The maximum absolute atomic E-state index is 5.76. The largest absolute Gasteiger partial charge is 0.494 e. The van der Waals surface area contributed by atoms with Crippen molar-refractivity contribution in [2.75, 3.05) is 12.3 Å². The van der Waals surface area contributed by atoms with Crippen LogP contribution in [0.25, 0.3) is 11.3 Å². The molecule has 0 aliphatic carbocycles. The van der Waals surface area contributed by atoms with Crippen LogP contribution in [0.1, 0.15) is 25.5 Å². The van der Waals surface area contributed by atoms with Gasteiger partial charge in [0.1, 0.15) is 18.1 Å². The van der Waals surface area contributed by atoms with E-state index in [9.17, 15) is 0 Å². The fourth-order valence-corrected chi connectivity index (χ4v) is 2.43. The number of hydrogen-bond acceptors (Lipinski definition) is 4. The van der Waals surface area contributed by atoms with Gasteiger partial charge < -0.3 is 15.2 Å². The normalized spacial score (nSPS) is 10.6. The highest BCUT2D eigenvalue weighted by molar-refractivity contribution is 5.61. The highest BCUT2D eigenvalue weighted by Gasteiger charge is 2.06.